The van der Waals surface area contributed by atoms with Gasteiger partial charge in [0.15, 0.2) is 0 Å². The van der Waals surface area contributed by atoms with Crippen molar-refractivity contribution in [3.8, 4) is 0 Å². The zero-order valence-corrected chi connectivity index (χ0v) is 6.59. The third-order valence-corrected chi connectivity index (χ3v) is 1.04. The summed E-state index contributed by atoms with van der Waals surface area (Å²) in [5.41, 5.74) is 0.802. The van der Waals surface area contributed by atoms with Crippen molar-refractivity contribution in [2.45, 2.75) is 6.92 Å². The van der Waals surface area contributed by atoms with Crippen LogP contribution in [0, 0.1) is 5.41 Å². The van der Waals surface area contributed by atoms with Gasteiger partial charge in [0.1, 0.15) is 5.84 Å². The molecule has 0 saturated carbocycles. The Kier molecular flexibility index (Phi) is 5.02. The molecule has 0 heterocycles. The Labute approximate surface area is 66.2 Å². The molecule has 0 fully saturated rings. The van der Waals surface area contributed by atoms with Gasteiger partial charge in [0.2, 0.25) is 0 Å². The van der Waals surface area contributed by atoms with Gasteiger partial charge in [0.05, 0.1) is 6.61 Å². The summed E-state index contributed by atoms with van der Waals surface area (Å²) in [5, 5.41) is 18.4. The highest BCUT2D eigenvalue weighted by molar-refractivity contribution is 5.93. The van der Waals surface area contributed by atoms with E-state index in [2.05, 4.69) is 17.0 Å². The third kappa shape index (κ3) is 5.29. The zero-order chi connectivity index (χ0) is 8.69. The molecule has 0 spiro atoms. The Balaban J connectivity index is 3.79. The molecule has 0 atom stereocenters. The summed E-state index contributed by atoms with van der Waals surface area (Å²) >= 11 is 0. The molecule has 0 aliphatic heterocycles. The number of nitrogens with zero attached hydrogens (tertiary/aromatic N) is 1. The molecule has 11 heavy (non-hydrogen) atoms. The molecule has 0 aromatic rings. The van der Waals surface area contributed by atoms with E-state index in [4.69, 9.17) is 10.5 Å². The van der Waals surface area contributed by atoms with Gasteiger partial charge in [-0.1, -0.05) is 0 Å². The second-order valence-electron chi connectivity index (χ2n) is 2.02. The fraction of sp³-hybridized carbons (Fsp3) is 0.429. The number of allylic oxidation sites excluding steroid dienone is 1. The molecule has 0 radical (unpaired) electrons. The standard InChI is InChI=1S/C7H13N3O/c1-6(10-3-4-11)5-7(8)9-2/h5,8,10-11H,2-4H2,1H3/b6-5+,8-7?. The van der Waals surface area contributed by atoms with Crippen LogP contribution in [0.4, 0.5) is 0 Å². The van der Waals surface area contributed by atoms with Gasteiger partial charge in [-0.15, -0.1) is 0 Å². The Morgan fingerprint density at radius 2 is 2.45 bits per heavy atom. The van der Waals surface area contributed by atoms with Gasteiger partial charge in [-0.2, -0.15) is 0 Å². The van der Waals surface area contributed by atoms with Crippen LogP contribution >= 0.6 is 0 Å². The van der Waals surface area contributed by atoms with Crippen molar-refractivity contribution in [1.29, 1.82) is 5.41 Å². The summed E-state index contributed by atoms with van der Waals surface area (Å²) in [6.07, 6.45) is 1.54. The van der Waals surface area contributed by atoms with Gasteiger partial charge < -0.3 is 10.4 Å². The van der Waals surface area contributed by atoms with E-state index in [9.17, 15) is 0 Å². The molecular weight excluding hydrogens is 142 g/mol. The van der Waals surface area contributed by atoms with Crippen LogP contribution in [0.5, 0.6) is 0 Å². The highest BCUT2D eigenvalue weighted by Crippen LogP contribution is 1.87. The van der Waals surface area contributed by atoms with Crippen molar-refractivity contribution in [3.05, 3.63) is 11.8 Å². The summed E-state index contributed by atoms with van der Waals surface area (Å²) < 4.78 is 0. The normalized spacial score (nSPS) is 10.9. The number of amidine groups is 1. The first kappa shape index (κ1) is 9.84. The Morgan fingerprint density at radius 1 is 1.82 bits per heavy atom. The maximum Gasteiger partial charge on any atom is 0.145 e. The number of aliphatic hydroxyl groups excluding tert-OH is 1. The smallest absolute Gasteiger partial charge is 0.145 e. The van der Waals surface area contributed by atoms with Crippen LogP contribution < -0.4 is 5.32 Å². The van der Waals surface area contributed by atoms with Crippen molar-refractivity contribution in [2.75, 3.05) is 13.2 Å². The molecule has 0 unspecified atom stereocenters. The molecule has 0 aromatic carbocycles. The van der Waals surface area contributed by atoms with Crippen molar-refractivity contribution < 1.29 is 5.11 Å². The zero-order valence-electron chi connectivity index (χ0n) is 6.59. The summed E-state index contributed by atoms with van der Waals surface area (Å²) in [5.74, 6) is 0.118. The SMILES string of the molecule is C=NC(=N)/C=C(\C)NCCO. The summed E-state index contributed by atoms with van der Waals surface area (Å²) in [4.78, 5) is 3.39. The highest BCUT2D eigenvalue weighted by Gasteiger charge is 1.88. The lowest BCUT2D eigenvalue weighted by Crippen LogP contribution is -2.16. The first-order valence-electron chi connectivity index (χ1n) is 3.29. The minimum atomic E-state index is 0.0834. The van der Waals surface area contributed by atoms with Gasteiger partial charge in [-0.25, -0.2) is 4.99 Å². The van der Waals surface area contributed by atoms with E-state index in [1.807, 2.05) is 0 Å². The summed E-state index contributed by atoms with van der Waals surface area (Å²) in [6, 6.07) is 0. The average Bonchev–Trinajstić information content (AvgIpc) is 2.00. The number of rotatable bonds is 4. The van der Waals surface area contributed by atoms with Gasteiger partial charge in [-0.05, 0) is 13.6 Å². The number of aliphatic hydroxyl groups is 1. The molecule has 0 saturated heterocycles. The summed E-state index contributed by atoms with van der Waals surface area (Å²) in [7, 11) is 0. The fourth-order valence-corrected chi connectivity index (χ4v) is 0.555. The van der Waals surface area contributed by atoms with Crippen LogP contribution in [0.3, 0.4) is 0 Å². The van der Waals surface area contributed by atoms with Crippen LogP contribution in [-0.2, 0) is 0 Å². The van der Waals surface area contributed by atoms with E-state index in [1.165, 1.54) is 0 Å². The van der Waals surface area contributed by atoms with Gasteiger partial charge >= 0.3 is 0 Å². The first-order valence-corrected chi connectivity index (χ1v) is 3.29. The van der Waals surface area contributed by atoms with Crippen LogP contribution in [0.15, 0.2) is 16.8 Å². The van der Waals surface area contributed by atoms with Gasteiger partial charge in [0, 0.05) is 18.3 Å². The van der Waals surface area contributed by atoms with Crippen molar-refractivity contribution >= 4 is 12.6 Å². The van der Waals surface area contributed by atoms with Crippen molar-refractivity contribution in [1.82, 2.24) is 5.32 Å². The Hall–Kier alpha value is -1.16. The largest absolute Gasteiger partial charge is 0.395 e. The number of hydrogen-bond donors (Lipinski definition) is 3. The molecule has 0 bridgehead atoms. The minimum absolute atomic E-state index is 0.0834. The first-order chi connectivity index (χ1) is 5.20. The molecule has 0 amide bonds. The maximum absolute atomic E-state index is 8.43. The minimum Gasteiger partial charge on any atom is -0.395 e. The number of aliphatic imine (C=N–C) groups is 1. The molecule has 0 aromatic heterocycles. The molecule has 0 aliphatic rings. The van der Waals surface area contributed by atoms with E-state index in [1.54, 1.807) is 13.0 Å². The molecule has 4 heteroatoms. The predicted octanol–water partition coefficient (Wildman–Crippen LogP) is 0.150. The maximum atomic E-state index is 8.43. The lowest BCUT2D eigenvalue weighted by atomic mass is 10.4. The quantitative estimate of drug-likeness (QED) is 0.399. The van der Waals surface area contributed by atoms with Gasteiger partial charge in [0.25, 0.3) is 0 Å². The van der Waals surface area contributed by atoms with Crippen LogP contribution in [0.2, 0.25) is 0 Å². The molecule has 62 valence electrons. The van der Waals surface area contributed by atoms with E-state index >= 15 is 0 Å². The Morgan fingerprint density at radius 3 is 2.91 bits per heavy atom. The average molecular weight is 155 g/mol. The molecule has 0 aliphatic carbocycles. The molecule has 3 N–H and O–H groups in total. The third-order valence-electron chi connectivity index (χ3n) is 1.04. The van der Waals surface area contributed by atoms with Gasteiger partial charge in [-0.3, -0.25) is 5.41 Å². The second-order valence-corrected chi connectivity index (χ2v) is 2.02. The van der Waals surface area contributed by atoms with E-state index in [0.29, 0.717) is 6.54 Å². The lowest BCUT2D eigenvalue weighted by Gasteiger charge is -2.02. The van der Waals surface area contributed by atoms with Crippen molar-refractivity contribution in [3.63, 3.8) is 0 Å². The monoisotopic (exact) mass is 155 g/mol. The van der Waals surface area contributed by atoms with Crippen LogP contribution in [0.25, 0.3) is 0 Å². The van der Waals surface area contributed by atoms with Crippen molar-refractivity contribution in [2.24, 2.45) is 4.99 Å². The number of nitrogens with one attached hydrogen (secondary N) is 2. The van der Waals surface area contributed by atoms with Crippen LogP contribution in [-0.4, -0.2) is 30.8 Å². The molecule has 0 rings (SSSR count). The molecule has 4 nitrogen and oxygen atoms in total. The Bertz CT molecular complexity index is 175. The number of hydrogen-bond acceptors (Lipinski definition) is 3. The van der Waals surface area contributed by atoms with E-state index < -0.39 is 0 Å². The highest BCUT2D eigenvalue weighted by atomic mass is 16.3. The van der Waals surface area contributed by atoms with E-state index in [-0.39, 0.29) is 12.4 Å². The molecular formula is C7H13N3O. The topological polar surface area (TPSA) is 68.5 Å². The predicted molar refractivity (Wildman–Crippen MR) is 46.1 cm³/mol. The van der Waals surface area contributed by atoms with E-state index in [0.717, 1.165) is 5.70 Å². The van der Waals surface area contributed by atoms with Crippen LogP contribution in [0.1, 0.15) is 6.92 Å². The summed E-state index contributed by atoms with van der Waals surface area (Å²) in [6.45, 7) is 5.57. The fourth-order valence-electron chi connectivity index (χ4n) is 0.555. The lowest BCUT2D eigenvalue weighted by molar-refractivity contribution is 0.297. The second kappa shape index (κ2) is 5.61.